The molecule has 1 aliphatic heterocycles. The number of amides is 2. The maximum absolute atomic E-state index is 12.7. The van der Waals surface area contributed by atoms with Crippen LogP contribution < -0.4 is 19.9 Å². The Morgan fingerprint density at radius 1 is 0.926 bits per heavy atom. The number of primary sulfonamides is 1. The van der Waals surface area contributed by atoms with E-state index in [2.05, 4.69) is 10.0 Å². The molecule has 27 heavy (non-hydrogen) atoms. The monoisotopic (exact) mass is 411 g/mol. The Balaban J connectivity index is 2.04. The molecule has 0 saturated heterocycles. The molecule has 0 fully saturated rings. The Bertz CT molecular complexity index is 1190. The molecule has 12 heteroatoms. The van der Waals surface area contributed by atoms with E-state index in [1.54, 1.807) is 0 Å². The minimum absolute atomic E-state index is 0.0556. The van der Waals surface area contributed by atoms with Gasteiger partial charge in [0.1, 0.15) is 5.75 Å². The predicted octanol–water partition coefficient (Wildman–Crippen LogP) is 0.0270. The summed E-state index contributed by atoms with van der Waals surface area (Å²) in [5.74, 6) is -1.27. The first-order valence-corrected chi connectivity index (χ1v) is 10.3. The predicted molar refractivity (Wildman–Crippen MR) is 93.4 cm³/mol. The molecule has 0 saturated carbocycles. The molecule has 0 spiro atoms. The molecule has 0 bridgehead atoms. The lowest BCUT2D eigenvalue weighted by Gasteiger charge is -2.13. The Hall–Kier alpha value is -2.96. The van der Waals surface area contributed by atoms with Crippen LogP contribution in [0.15, 0.2) is 46.2 Å². The summed E-state index contributed by atoms with van der Waals surface area (Å²) in [6, 6.07) is 6.82. The third kappa shape index (κ3) is 3.49. The fraction of sp³-hybridized carbons (Fsp3) is 0.0667. The Morgan fingerprint density at radius 2 is 1.56 bits per heavy atom. The average Bonchev–Trinajstić information content (AvgIpc) is 2.87. The molecule has 1 heterocycles. The van der Waals surface area contributed by atoms with E-state index in [0.717, 1.165) is 24.3 Å². The lowest BCUT2D eigenvalue weighted by molar-refractivity contribution is 0.0879. The van der Waals surface area contributed by atoms with E-state index in [9.17, 15) is 26.4 Å². The van der Waals surface area contributed by atoms with Gasteiger partial charge in [-0.15, -0.1) is 0 Å². The fourth-order valence-corrected chi connectivity index (χ4v) is 4.09. The molecule has 0 radical (unpaired) electrons. The smallest absolute Gasteiger partial charge is 0.262 e. The van der Waals surface area contributed by atoms with Crippen LogP contribution in [-0.4, -0.2) is 35.8 Å². The van der Waals surface area contributed by atoms with Gasteiger partial charge >= 0.3 is 0 Å². The van der Waals surface area contributed by atoms with Crippen LogP contribution in [0.4, 0.5) is 5.69 Å². The second kappa shape index (κ2) is 6.33. The summed E-state index contributed by atoms with van der Waals surface area (Å²) in [5.41, 5.74) is -0.175. The van der Waals surface area contributed by atoms with Crippen molar-refractivity contribution in [3.05, 3.63) is 47.5 Å². The first kappa shape index (κ1) is 18.8. The van der Waals surface area contributed by atoms with Gasteiger partial charge in [0.25, 0.3) is 21.8 Å². The molecule has 10 nitrogen and oxygen atoms in total. The highest BCUT2D eigenvalue weighted by atomic mass is 32.2. The highest BCUT2D eigenvalue weighted by Crippen LogP contribution is 2.30. The summed E-state index contributed by atoms with van der Waals surface area (Å²) >= 11 is 0. The third-order valence-electron chi connectivity index (χ3n) is 3.76. The van der Waals surface area contributed by atoms with E-state index in [0.29, 0.717) is 0 Å². The summed E-state index contributed by atoms with van der Waals surface area (Å²) in [5, 5.41) is 7.12. The number of rotatable bonds is 5. The van der Waals surface area contributed by atoms with Gasteiger partial charge in [-0.25, -0.2) is 22.0 Å². The second-order valence-electron chi connectivity index (χ2n) is 5.50. The number of imide groups is 1. The molecule has 2 amide bonds. The molecule has 3 rings (SSSR count). The van der Waals surface area contributed by atoms with Gasteiger partial charge in [0.2, 0.25) is 10.0 Å². The SMILES string of the molecule is COc1ccc(S(N)(=O)=O)cc1NS(=O)(=O)c1ccc2c(c1)C(=O)NC2=O. The van der Waals surface area contributed by atoms with Crippen molar-refractivity contribution in [1.29, 1.82) is 0 Å². The van der Waals surface area contributed by atoms with Gasteiger partial charge in [0, 0.05) is 0 Å². The number of hydrogen-bond acceptors (Lipinski definition) is 7. The van der Waals surface area contributed by atoms with Gasteiger partial charge in [-0.2, -0.15) is 0 Å². The van der Waals surface area contributed by atoms with Gasteiger partial charge in [-0.3, -0.25) is 19.6 Å². The zero-order chi connectivity index (χ0) is 20.0. The van der Waals surface area contributed by atoms with Gasteiger partial charge in [0.15, 0.2) is 0 Å². The van der Waals surface area contributed by atoms with Gasteiger partial charge in [-0.1, -0.05) is 0 Å². The molecule has 4 N–H and O–H groups in total. The van der Waals surface area contributed by atoms with Crippen molar-refractivity contribution < 1.29 is 31.2 Å². The number of fused-ring (bicyclic) bond motifs is 1. The van der Waals surface area contributed by atoms with Crippen LogP contribution in [0.5, 0.6) is 5.75 Å². The highest BCUT2D eigenvalue weighted by molar-refractivity contribution is 7.92. The van der Waals surface area contributed by atoms with Crippen molar-refractivity contribution >= 4 is 37.5 Å². The van der Waals surface area contributed by atoms with E-state index < -0.39 is 31.9 Å². The van der Waals surface area contributed by atoms with E-state index >= 15 is 0 Å². The molecule has 2 aromatic rings. The molecule has 0 aromatic heterocycles. The lowest BCUT2D eigenvalue weighted by Crippen LogP contribution is -2.20. The van der Waals surface area contributed by atoms with Crippen LogP contribution in [0.3, 0.4) is 0 Å². The van der Waals surface area contributed by atoms with E-state index in [1.165, 1.54) is 19.2 Å². The normalized spacial score (nSPS) is 13.9. The summed E-state index contributed by atoms with van der Waals surface area (Å²) in [6.45, 7) is 0. The average molecular weight is 411 g/mol. The van der Waals surface area contributed by atoms with Gasteiger partial charge in [0.05, 0.1) is 33.7 Å². The fourth-order valence-electron chi connectivity index (χ4n) is 2.46. The molecular formula is C15H13N3O7S2. The van der Waals surface area contributed by atoms with E-state index in [4.69, 9.17) is 9.88 Å². The highest BCUT2D eigenvalue weighted by Gasteiger charge is 2.29. The minimum atomic E-state index is -4.23. The number of methoxy groups -OCH3 is 1. The second-order valence-corrected chi connectivity index (χ2v) is 8.75. The summed E-state index contributed by atoms with van der Waals surface area (Å²) in [7, 11) is -7.03. The third-order valence-corrected chi connectivity index (χ3v) is 6.04. The standard InChI is InChI=1S/C15H13N3O7S2/c1-25-13-5-3-8(26(16,21)22)7-12(13)18-27(23,24)9-2-4-10-11(6-9)15(20)17-14(10)19/h2-7,18H,1H3,(H2,16,21,22)(H,17,19,20). The van der Waals surface area contributed by atoms with Crippen molar-refractivity contribution in [3.8, 4) is 5.75 Å². The van der Waals surface area contributed by atoms with Gasteiger partial charge < -0.3 is 4.74 Å². The number of carbonyl (C=O) groups is 2. The Kier molecular flexibility index (Phi) is 4.41. The summed E-state index contributed by atoms with van der Waals surface area (Å²) in [4.78, 5) is 22.7. The first-order chi connectivity index (χ1) is 12.5. The van der Waals surface area contributed by atoms with Crippen molar-refractivity contribution in [2.75, 3.05) is 11.8 Å². The van der Waals surface area contributed by atoms with Crippen LogP contribution in [-0.2, 0) is 20.0 Å². The number of nitrogens with two attached hydrogens (primary N) is 1. The zero-order valence-electron chi connectivity index (χ0n) is 13.7. The molecular weight excluding hydrogens is 398 g/mol. The van der Waals surface area contributed by atoms with Crippen molar-refractivity contribution in [1.82, 2.24) is 5.32 Å². The van der Waals surface area contributed by atoms with Crippen molar-refractivity contribution in [2.45, 2.75) is 9.79 Å². The van der Waals surface area contributed by atoms with E-state index in [1.807, 2.05) is 0 Å². The Labute approximate surface area is 154 Å². The van der Waals surface area contributed by atoms with Crippen LogP contribution in [0, 0.1) is 0 Å². The quantitative estimate of drug-likeness (QED) is 0.584. The number of sulfonamides is 2. The van der Waals surface area contributed by atoms with Crippen LogP contribution in [0.25, 0.3) is 0 Å². The number of anilines is 1. The minimum Gasteiger partial charge on any atom is -0.495 e. The van der Waals surface area contributed by atoms with Crippen molar-refractivity contribution in [2.24, 2.45) is 5.14 Å². The zero-order valence-corrected chi connectivity index (χ0v) is 15.3. The molecule has 2 aromatic carbocycles. The molecule has 1 aliphatic rings. The number of ether oxygens (including phenoxy) is 1. The van der Waals surface area contributed by atoms with Crippen LogP contribution >= 0.6 is 0 Å². The summed E-state index contributed by atoms with van der Waals surface area (Å²) < 4.78 is 55.5. The van der Waals surface area contributed by atoms with Crippen LogP contribution in [0.2, 0.25) is 0 Å². The largest absolute Gasteiger partial charge is 0.495 e. The lowest BCUT2D eigenvalue weighted by atomic mass is 10.1. The Morgan fingerprint density at radius 3 is 2.19 bits per heavy atom. The molecule has 0 unspecified atom stereocenters. The van der Waals surface area contributed by atoms with Gasteiger partial charge in [-0.05, 0) is 36.4 Å². The molecule has 0 aliphatic carbocycles. The maximum Gasteiger partial charge on any atom is 0.262 e. The number of hydrogen-bond donors (Lipinski definition) is 3. The first-order valence-electron chi connectivity index (χ1n) is 7.26. The molecule has 0 atom stereocenters. The number of carbonyl (C=O) groups excluding carboxylic acids is 2. The number of benzene rings is 2. The van der Waals surface area contributed by atoms with Crippen molar-refractivity contribution in [3.63, 3.8) is 0 Å². The maximum atomic E-state index is 12.7. The topological polar surface area (TPSA) is 162 Å². The summed E-state index contributed by atoms with van der Waals surface area (Å²) in [6.07, 6.45) is 0. The van der Waals surface area contributed by atoms with E-state index in [-0.39, 0.29) is 32.4 Å². The molecule has 142 valence electrons. The van der Waals surface area contributed by atoms with Crippen LogP contribution in [0.1, 0.15) is 20.7 Å². The number of nitrogens with one attached hydrogen (secondary N) is 2.